The normalized spacial score (nSPS) is 20.1. The lowest BCUT2D eigenvalue weighted by Gasteiger charge is -2.34. The average molecular weight is 340 g/mol. The zero-order chi connectivity index (χ0) is 17.6. The summed E-state index contributed by atoms with van der Waals surface area (Å²) in [5, 5.41) is 9.26. The van der Waals surface area contributed by atoms with E-state index in [1.54, 1.807) is 30.6 Å². The number of ether oxygens (including phenoxy) is 1. The summed E-state index contributed by atoms with van der Waals surface area (Å²) in [6.07, 6.45) is 7.18. The molecule has 1 saturated carbocycles. The number of benzene rings is 1. The molecule has 0 unspecified atom stereocenters. The van der Waals surface area contributed by atoms with Gasteiger partial charge in [0.2, 0.25) is 0 Å². The topological polar surface area (TPSA) is 62.7 Å². The van der Waals surface area contributed by atoms with Crippen molar-refractivity contribution in [2.45, 2.75) is 31.7 Å². The number of hydrogen-bond acceptors (Lipinski definition) is 4. The predicted octanol–water partition coefficient (Wildman–Crippen LogP) is 3.50. The summed E-state index contributed by atoms with van der Waals surface area (Å²) in [6.45, 7) is 0.249. The van der Waals surface area contributed by atoms with Gasteiger partial charge in [0.1, 0.15) is 11.5 Å². The number of carbonyl (C=O) groups excluding carboxylic acids is 1. The van der Waals surface area contributed by atoms with E-state index in [0.29, 0.717) is 23.0 Å². The second kappa shape index (κ2) is 8.12. The number of nitrogens with zero attached hydrogens (tertiary/aromatic N) is 2. The third-order valence-corrected chi connectivity index (χ3v) is 4.91. The molecule has 1 aromatic heterocycles. The van der Waals surface area contributed by atoms with E-state index in [1.165, 1.54) is 0 Å². The molecule has 1 heterocycles. The highest BCUT2D eigenvalue weighted by molar-refractivity contribution is 5.94. The van der Waals surface area contributed by atoms with Crippen LogP contribution in [0.5, 0.6) is 11.5 Å². The Bertz CT molecular complexity index is 697. The Morgan fingerprint density at radius 2 is 1.88 bits per heavy atom. The minimum absolute atomic E-state index is 0.00706. The summed E-state index contributed by atoms with van der Waals surface area (Å²) in [4.78, 5) is 18.6. The molecule has 0 spiro atoms. The first kappa shape index (κ1) is 17.4. The Kier molecular flexibility index (Phi) is 5.66. The van der Waals surface area contributed by atoms with Crippen LogP contribution in [0.1, 0.15) is 36.0 Å². The average Bonchev–Trinajstić information content (AvgIpc) is 2.68. The highest BCUT2D eigenvalue weighted by Gasteiger charge is 2.26. The molecule has 132 valence electrons. The zero-order valence-electron chi connectivity index (χ0n) is 14.5. The largest absolute Gasteiger partial charge is 0.457 e. The Hall–Kier alpha value is -2.40. The maximum absolute atomic E-state index is 12.8. The maximum Gasteiger partial charge on any atom is 0.253 e. The van der Waals surface area contributed by atoms with E-state index in [0.717, 1.165) is 25.7 Å². The monoisotopic (exact) mass is 340 g/mol. The molecule has 25 heavy (non-hydrogen) atoms. The minimum atomic E-state index is 0.00706. The van der Waals surface area contributed by atoms with E-state index >= 15 is 0 Å². The van der Waals surface area contributed by atoms with Crippen LogP contribution in [0, 0.1) is 5.92 Å². The standard InChI is InChI=1S/C20H24N2O3/c1-22(17-7-5-15(14-23)6-8-17)20(24)16-3-2-4-19(13-16)25-18-9-11-21-12-10-18/h2-4,9-13,15,17,23H,5-8,14H2,1H3. The molecule has 1 aliphatic rings. The SMILES string of the molecule is CN(C(=O)c1cccc(Oc2ccncc2)c1)C1CCC(CO)CC1. The van der Waals surface area contributed by atoms with Gasteiger partial charge < -0.3 is 14.7 Å². The molecule has 2 aromatic rings. The first-order chi connectivity index (χ1) is 12.2. The summed E-state index contributed by atoms with van der Waals surface area (Å²) in [6, 6.07) is 11.1. The molecule has 0 atom stereocenters. The van der Waals surface area contributed by atoms with Gasteiger partial charge in [0.15, 0.2) is 0 Å². The van der Waals surface area contributed by atoms with Gasteiger partial charge in [0.05, 0.1) is 0 Å². The Morgan fingerprint density at radius 3 is 2.56 bits per heavy atom. The third-order valence-electron chi connectivity index (χ3n) is 4.91. The number of hydrogen-bond donors (Lipinski definition) is 1. The van der Waals surface area contributed by atoms with Gasteiger partial charge in [0.25, 0.3) is 5.91 Å². The number of carbonyl (C=O) groups is 1. The van der Waals surface area contributed by atoms with Crippen LogP contribution < -0.4 is 4.74 Å². The number of amides is 1. The molecular weight excluding hydrogens is 316 g/mol. The van der Waals surface area contributed by atoms with Crippen molar-refractivity contribution >= 4 is 5.91 Å². The van der Waals surface area contributed by atoms with Gasteiger partial charge in [0, 0.05) is 37.7 Å². The van der Waals surface area contributed by atoms with Gasteiger partial charge in [-0.1, -0.05) is 6.07 Å². The van der Waals surface area contributed by atoms with Crippen LogP contribution in [-0.2, 0) is 0 Å². The summed E-state index contributed by atoms with van der Waals surface area (Å²) in [7, 11) is 1.86. The molecule has 5 nitrogen and oxygen atoms in total. The van der Waals surface area contributed by atoms with Crippen LogP contribution in [0.3, 0.4) is 0 Å². The van der Waals surface area contributed by atoms with Gasteiger partial charge in [-0.05, 0) is 61.9 Å². The fourth-order valence-corrected chi connectivity index (χ4v) is 3.32. The van der Waals surface area contributed by atoms with Crippen molar-refractivity contribution in [3.8, 4) is 11.5 Å². The highest BCUT2D eigenvalue weighted by atomic mass is 16.5. The lowest BCUT2D eigenvalue weighted by atomic mass is 9.86. The van der Waals surface area contributed by atoms with Gasteiger partial charge in [-0.2, -0.15) is 0 Å². The molecule has 1 aromatic carbocycles. The van der Waals surface area contributed by atoms with Crippen LogP contribution in [0.2, 0.25) is 0 Å². The molecule has 0 bridgehead atoms. The Labute approximate surface area is 148 Å². The Balaban J connectivity index is 1.66. The van der Waals surface area contributed by atoms with E-state index < -0.39 is 0 Å². The van der Waals surface area contributed by atoms with Crippen molar-refractivity contribution < 1.29 is 14.6 Å². The fraction of sp³-hybridized carbons (Fsp3) is 0.400. The van der Waals surface area contributed by atoms with E-state index in [-0.39, 0.29) is 18.6 Å². The smallest absolute Gasteiger partial charge is 0.253 e. The maximum atomic E-state index is 12.8. The second-order valence-corrected chi connectivity index (χ2v) is 6.59. The first-order valence-electron chi connectivity index (χ1n) is 8.73. The second-order valence-electron chi connectivity index (χ2n) is 6.59. The van der Waals surface area contributed by atoms with Gasteiger partial charge >= 0.3 is 0 Å². The predicted molar refractivity (Wildman–Crippen MR) is 95.7 cm³/mol. The van der Waals surface area contributed by atoms with Gasteiger partial charge in [-0.25, -0.2) is 0 Å². The summed E-state index contributed by atoms with van der Waals surface area (Å²) < 4.78 is 5.78. The summed E-state index contributed by atoms with van der Waals surface area (Å²) >= 11 is 0. The zero-order valence-corrected chi connectivity index (χ0v) is 14.5. The number of pyridine rings is 1. The molecule has 1 aliphatic carbocycles. The van der Waals surface area contributed by atoms with Gasteiger partial charge in [-0.3, -0.25) is 9.78 Å². The quantitative estimate of drug-likeness (QED) is 0.905. The van der Waals surface area contributed by atoms with E-state index in [1.807, 2.05) is 30.1 Å². The van der Waals surface area contributed by atoms with Crippen LogP contribution in [0.4, 0.5) is 0 Å². The number of aliphatic hydroxyl groups excluding tert-OH is 1. The molecule has 5 heteroatoms. The van der Waals surface area contributed by atoms with Crippen molar-refractivity contribution in [3.63, 3.8) is 0 Å². The van der Waals surface area contributed by atoms with Gasteiger partial charge in [-0.15, -0.1) is 0 Å². The molecule has 1 amide bonds. The lowest BCUT2D eigenvalue weighted by molar-refractivity contribution is 0.0652. The molecule has 3 rings (SSSR count). The molecule has 0 radical (unpaired) electrons. The Morgan fingerprint density at radius 1 is 1.16 bits per heavy atom. The molecule has 0 saturated heterocycles. The van der Waals surface area contributed by atoms with Crippen LogP contribution in [0.25, 0.3) is 0 Å². The molecular formula is C20H24N2O3. The highest BCUT2D eigenvalue weighted by Crippen LogP contribution is 2.28. The van der Waals surface area contributed by atoms with Crippen molar-refractivity contribution in [3.05, 3.63) is 54.4 Å². The number of aromatic nitrogens is 1. The van der Waals surface area contributed by atoms with E-state index in [2.05, 4.69) is 4.98 Å². The van der Waals surface area contributed by atoms with Crippen LogP contribution in [-0.4, -0.2) is 40.6 Å². The van der Waals surface area contributed by atoms with E-state index in [9.17, 15) is 9.90 Å². The fourth-order valence-electron chi connectivity index (χ4n) is 3.32. The first-order valence-corrected chi connectivity index (χ1v) is 8.73. The summed E-state index contributed by atoms with van der Waals surface area (Å²) in [5.74, 6) is 1.72. The van der Waals surface area contributed by atoms with Crippen LogP contribution >= 0.6 is 0 Å². The molecule has 0 aliphatic heterocycles. The third kappa shape index (κ3) is 4.37. The summed E-state index contributed by atoms with van der Waals surface area (Å²) in [5.41, 5.74) is 0.623. The van der Waals surface area contributed by atoms with Crippen molar-refractivity contribution in [2.75, 3.05) is 13.7 Å². The van der Waals surface area contributed by atoms with Crippen molar-refractivity contribution in [1.29, 1.82) is 0 Å². The van der Waals surface area contributed by atoms with E-state index in [4.69, 9.17) is 4.74 Å². The number of aliphatic hydroxyl groups is 1. The molecule has 1 fully saturated rings. The minimum Gasteiger partial charge on any atom is -0.457 e. The molecule has 1 N–H and O–H groups in total. The van der Waals surface area contributed by atoms with Crippen LogP contribution in [0.15, 0.2) is 48.8 Å². The lowest BCUT2D eigenvalue weighted by Crippen LogP contribution is -2.39. The van der Waals surface area contributed by atoms with Crippen molar-refractivity contribution in [2.24, 2.45) is 5.92 Å². The van der Waals surface area contributed by atoms with Crippen molar-refractivity contribution in [1.82, 2.24) is 9.88 Å². The number of rotatable bonds is 5.